The number of guanidine groups is 1. The first-order valence-corrected chi connectivity index (χ1v) is 9.87. The predicted octanol–water partition coefficient (Wildman–Crippen LogP) is 4.34. The van der Waals surface area contributed by atoms with Gasteiger partial charge in [0.25, 0.3) is 0 Å². The summed E-state index contributed by atoms with van der Waals surface area (Å²) in [6.07, 6.45) is 3.62. The molecule has 0 aliphatic heterocycles. The molecule has 0 amide bonds. The van der Waals surface area contributed by atoms with Crippen molar-refractivity contribution in [2.75, 3.05) is 13.1 Å². The van der Waals surface area contributed by atoms with Crippen LogP contribution in [0.15, 0.2) is 33.8 Å². The van der Waals surface area contributed by atoms with Gasteiger partial charge in [-0.3, -0.25) is 0 Å². The first-order valence-electron chi connectivity index (χ1n) is 9.87. The van der Waals surface area contributed by atoms with Crippen molar-refractivity contribution in [2.45, 2.75) is 58.4 Å². The molecule has 1 aromatic heterocycles. The molecule has 0 saturated heterocycles. The SMILES string of the molecule is CCNC(=NCc1c(CC)noc1CC)NCC1(c2ccccc2F)CC1.I. The lowest BCUT2D eigenvalue weighted by atomic mass is 9.95. The molecule has 1 saturated carbocycles. The molecule has 7 heteroatoms. The molecule has 0 radical (unpaired) electrons. The minimum atomic E-state index is -0.123. The lowest BCUT2D eigenvalue weighted by Crippen LogP contribution is -2.41. The minimum Gasteiger partial charge on any atom is -0.361 e. The number of aromatic nitrogens is 1. The monoisotopic (exact) mass is 500 g/mol. The Morgan fingerprint density at radius 3 is 2.54 bits per heavy atom. The Bertz CT molecular complexity index is 780. The summed E-state index contributed by atoms with van der Waals surface area (Å²) < 4.78 is 19.6. The van der Waals surface area contributed by atoms with Gasteiger partial charge in [0, 0.05) is 30.5 Å². The molecule has 1 aliphatic carbocycles. The Morgan fingerprint density at radius 2 is 1.93 bits per heavy atom. The molecule has 0 atom stereocenters. The van der Waals surface area contributed by atoms with E-state index in [1.807, 2.05) is 19.1 Å². The third-order valence-corrected chi connectivity index (χ3v) is 5.24. The molecular weight excluding hydrogens is 470 g/mol. The van der Waals surface area contributed by atoms with E-state index in [4.69, 9.17) is 9.52 Å². The molecule has 1 aliphatic rings. The quantitative estimate of drug-likeness (QED) is 0.322. The second-order valence-corrected chi connectivity index (χ2v) is 7.05. The van der Waals surface area contributed by atoms with Crippen LogP contribution in [-0.4, -0.2) is 24.2 Å². The van der Waals surface area contributed by atoms with Crippen LogP contribution in [-0.2, 0) is 24.8 Å². The molecule has 3 rings (SSSR count). The van der Waals surface area contributed by atoms with Crippen molar-refractivity contribution in [3.8, 4) is 0 Å². The van der Waals surface area contributed by atoms with Crippen LogP contribution in [0.5, 0.6) is 0 Å². The Hall–Kier alpha value is -1.64. The van der Waals surface area contributed by atoms with E-state index in [2.05, 4.69) is 29.6 Å². The molecule has 28 heavy (non-hydrogen) atoms. The van der Waals surface area contributed by atoms with Gasteiger partial charge in [0.15, 0.2) is 5.96 Å². The van der Waals surface area contributed by atoms with E-state index in [1.165, 1.54) is 0 Å². The highest BCUT2D eigenvalue weighted by atomic mass is 127. The zero-order valence-corrected chi connectivity index (χ0v) is 19.2. The normalized spacial score (nSPS) is 15.1. The molecule has 1 aromatic carbocycles. The number of aliphatic imine (C=N–C) groups is 1. The molecule has 2 N–H and O–H groups in total. The van der Waals surface area contributed by atoms with E-state index in [1.54, 1.807) is 12.1 Å². The van der Waals surface area contributed by atoms with Gasteiger partial charge < -0.3 is 15.2 Å². The van der Waals surface area contributed by atoms with Gasteiger partial charge in [0.1, 0.15) is 11.6 Å². The maximum absolute atomic E-state index is 14.2. The summed E-state index contributed by atoms with van der Waals surface area (Å²) >= 11 is 0. The number of nitrogens with one attached hydrogen (secondary N) is 2. The van der Waals surface area contributed by atoms with Crippen LogP contribution >= 0.6 is 24.0 Å². The summed E-state index contributed by atoms with van der Waals surface area (Å²) in [5.74, 6) is 1.52. The van der Waals surface area contributed by atoms with Gasteiger partial charge in [-0.15, -0.1) is 24.0 Å². The van der Waals surface area contributed by atoms with E-state index in [-0.39, 0.29) is 35.2 Å². The topological polar surface area (TPSA) is 62.5 Å². The number of hydrogen-bond acceptors (Lipinski definition) is 3. The molecule has 0 bridgehead atoms. The van der Waals surface area contributed by atoms with Gasteiger partial charge >= 0.3 is 0 Å². The summed E-state index contributed by atoms with van der Waals surface area (Å²) in [5.41, 5.74) is 2.72. The summed E-state index contributed by atoms with van der Waals surface area (Å²) in [6, 6.07) is 7.08. The number of rotatable bonds is 8. The van der Waals surface area contributed by atoms with E-state index in [9.17, 15) is 4.39 Å². The van der Waals surface area contributed by atoms with Gasteiger partial charge in [0.2, 0.25) is 0 Å². The van der Waals surface area contributed by atoms with Crippen LogP contribution in [0.1, 0.15) is 56.2 Å². The molecule has 154 valence electrons. The predicted molar refractivity (Wildman–Crippen MR) is 121 cm³/mol. The molecule has 5 nitrogen and oxygen atoms in total. The Balaban J connectivity index is 0.00000280. The van der Waals surface area contributed by atoms with E-state index >= 15 is 0 Å². The number of benzene rings is 1. The number of aryl methyl sites for hydroxylation is 2. The standard InChI is InChI=1S/C21H29FN4O.HI/c1-4-18-15(19(5-2)27-26-18)13-24-20(23-6-3)25-14-21(11-12-21)16-9-7-8-10-17(16)22;/h7-10H,4-6,11-14H2,1-3H3,(H2,23,24,25);1H. The van der Waals surface area contributed by atoms with Crippen LogP contribution in [0.2, 0.25) is 0 Å². The lowest BCUT2D eigenvalue weighted by Gasteiger charge is -2.19. The number of nitrogens with zero attached hydrogens (tertiary/aromatic N) is 2. The fourth-order valence-electron chi connectivity index (χ4n) is 3.45. The molecule has 1 heterocycles. The molecule has 1 fully saturated rings. The van der Waals surface area contributed by atoms with Gasteiger partial charge in [-0.2, -0.15) is 0 Å². The molecular formula is C21H30FIN4O. The fraction of sp³-hybridized carbons (Fsp3) is 0.524. The van der Waals surface area contributed by atoms with Crippen LogP contribution < -0.4 is 10.6 Å². The summed E-state index contributed by atoms with van der Waals surface area (Å²) in [5, 5.41) is 10.8. The van der Waals surface area contributed by atoms with Gasteiger partial charge in [-0.1, -0.05) is 37.2 Å². The molecule has 0 unspecified atom stereocenters. The van der Waals surface area contributed by atoms with Crippen LogP contribution in [0.4, 0.5) is 4.39 Å². The maximum Gasteiger partial charge on any atom is 0.191 e. The van der Waals surface area contributed by atoms with Crippen LogP contribution in [0, 0.1) is 5.82 Å². The fourth-order valence-corrected chi connectivity index (χ4v) is 3.45. The highest BCUT2D eigenvalue weighted by Gasteiger charge is 2.45. The van der Waals surface area contributed by atoms with Crippen molar-refractivity contribution < 1.29 is 8.91 Å². The second-order valence-electron chi connectivity index (χ2n) is 7.05. The second kappa shape index (κ2) is 10.2. The number of halogens is 2. The average molecular weight is 500 g/mol. The van der Waals surface area contributed by atoms with Crippen molar-refractivity contribution in [2.24, 2.45) is 4.99 Å². The van der Waals surface area contributed by atoms with E-state index in [0.29, 0.717) is 13.1 Å². The molecule has 2 aromatic rings. The summed E-state index contributed by atoms with van der Waals surface area (Å²) in [6.45, 7) is 8.13. The first-order chi connectivity index (χ1) is 13.1. The third-order valence-electron chi connectivity index (χ3n) is 5.24. The largest absolute Gasteiger partial charge is 0.361 e. The van der Waals surface area contributed by atoms with Crippen LogP contribution in [0.3, 0.4) is 0 Å². The van der Waals surface area contributed by atoms with E-state index in [0.717, 1.165) is 60.8 Å². The van der Waals surface area contributed by atoms with Crippen LogP contribution in [0.25, 0.3) is 0 Å². The zero-order valence-electron chi connectivity index (χ0n) is 16.8. The van der Waals surface area contributed by atoms with Crippen molar-refractivity contribution in [3.63, 3.8) is 0 Å². The van der Waals surface area contributed by atoms with Gasteiger partial charge in [-0.25, -0.2) is 9.38 Å². The highest BCUT2D eigenvalue weighted by Crippen LogP contribution is 2.48. The Labute approximate surface area is 183 Å². The van der Waals surface area contributed by atoms with Gasteiger partial charge in [-0.05, 0) is 37.8 Å². The van der Waals surface area contributed by atoms with Gasteiger partial charge in [0.05, 0.1) is 12.2 Å². The Kier molecular flexibility index (Phi) is 8.27. The third kappa shape index (κ3) is 5.04. The first kappa shape index (κ1) is 22.6. The van der Waals surface area contributed by atoms with Crippen molar-refractivity contribution in [1.82, 2.24) is 15.8 Å². The molecule has 0 spiro atoms. The average Bonchev–Trinajstić information content (AvgIpc) is 3.36. The highest BCUT2D eigenvalue weighted by molar-refractivity contribution is 14.0. The smallest absolute Gasteiger partial charge is 0.191 e. The summed E-state index contributed by atoms with van der Waals surface area (Å²) in [7, 11) is 0. The summed E-state index contributed by atoms with van der Waals surface area (Å²) in [4.78, 5) is 4.72. The Morgan fingerprint density at radius 1 is 1.18 bits per heavy atom. The van der Waals surface area contributed by atoms with Crippen molar-refractivity contribution in [1.29, 1.82) is 0 Å². The lowest BCUT2D eigenvalue weighted by molar-refractivity contribution is 0.380. The maximum atomic E-state index is 14.2. The number of hydrogen-bond donors (Lipinski definition) is 2. The van der Waals surface area contributed by atoms with Crippen molar-refractivity contribution >= 4 is 29.9 Å². The van der Waals surface area contributed by atoms with Crippen molar-refractivity contribution in [3.05, 3.63) is 52.7 Å². The minimum absolute atomic E-state index is 0. The van der Waals surface area contributed by atoms with E-state index < -0.39 is 0 Å². The zero-order chi connectivity index (χ0) is 19.3.